The Balaban J connectivity index is 1.82. The lowest BCUT2D eigenvalue weighted by molar-refractivity contribution is 0.0235. The molecule has 1 aliphatic carbocycles. The molecule has 0 aromatic heterocycles. The fourth-order valence-corrected chi connectivity index (χ4v) is 2.76. The van der Waals surface area contributed by atoms with Crippen molar-refractivity contribution in [1.82, 2.24) is 10.2 Å². The third-order valence-corrected chi connectivity index (χ3v) is 4.51. The van der Waals surface area contributed by atoms with E-state index in [4.69, 9.17) is 4.74 Å². The third kappa shape index (κ3) is 6.30. The van der Waals surface area contributed by atoms with Gasteiger partial charge in [0.25, 0.3) is 0 Å². The van der Waals surface area contributed by atoms with E-state index in [1.54, 1.807) is 0 Å². The van der Waals surface area contributed by atoms with Crippen molar-refractivity contribution >= 4 is 28.7 Å². The van der Waals surface area contributed by atoms with Crippen molar-refractivity contribution < 1.29 is 9.53 Å². The second kappa shape index (κ2) is 7.83. The van der Waals surface area contributed by atoms with Gasteiger partial charge in [0.2, 0.25) is 0 Å². The molecule has 1 amide bonds. The Hall–Kier alpha value is -0.820. The lowest BCUT2D eigenvalue weighted by Crippen LogP contribution is -2.42. The highest BCUT2D eigenvalue weighted by molar-refractivity contribution is 14.1. The van der Waals surface area contributed by atoms with Gasteiger partial charge in [-0.05, 0) is 80.8 Å². The van der Waals surface area contributed by atoms with E-state index in [-0.39, 0.29) is 12.1 Å². The largest absolute Gasteiger partial charge is 0.444 e. The summed E-state index contributed by atoms with van der Waals surface area (Å²) >= 11 is 2.31. The van der Waals surface area contributed by atoms with Gasteiger partial charge in [0, 0.05) is 28.7 Å². The van der Waals surface area contributed by atoms with Crippen molar-refractivity contribution in [1.29, 1.82) is 0 Å². The second-order valence-corrected chi connectivity index (χ2v) is 8.38. The lowest BCUT2D eigenvalue weighted by atomic mass is 10.1. The first-order valence-corrected chi connectivity index (χ1v) is 9.32. The first kappa shape index (κ1) is 18.5. The van der Waals surface area contributed by atoms with Gasteiger partial charge in [-0.2, -0.15) is 0 Å². The molecule has 23 heavy (non-hydrogen) atoms. The quantitative estimate of drug-likeness (QED) is 0.683. The van der Waals surface area contributed by atoms with Crippen molar-refractivity contribution in [3.8, 4) is 0 Å². The van der Waals surface area contributed by atoms with Gasteiger partial charge in [-0.15, -0.1) is 0 Å². The Bertz CT molecular complexity index is 521. The summed E-state index contributed by atoms with van der Waals surface area (Å²) < 4.78 is 6.75. The minimum atomic E-state index is -0.438. The number of rotatable bonds is 6. The maximum Gasteiger partial charge on any atom is 0.410 e. The van der Waals surface area contributed by atoms with Gasteiger partial charge >= 0.3 is 6.09 Å². The summed E-state index contributed by atoms with van der Waals surface area (Å²) in [5.41, 5.74) is 0.826. The van der Waals surface area contributed by atoms with E-state index in [9.17, 15) is 4.79 Å². The lowest BCUT2D eigenvalue weighted by Gasteiger charge is -2.28. The number of carbonyl (C=O) groups is 1. The standard InChI is InChI=1S/C18H27IN2O2/c1-13(14-5-7-15(19)8-6-14)20-11-12-21(16-9-10-16)17(22)23-18(2,3)4/h5-8,13,16,20H,9-12H2,1-4H3. The van der Waals surface area contributed by atoms with E-state index in [1.807, 2.05) is 25.7 Å². The molecule has 1 aromatic rings. The maximum atomic E-state index is 12.3. The molecule has 5 heteroatoms. The molecule has 1 aliphatic rings. The summed E-state index contributed by atoms with van der Waals surface area (Å²) in [6.45, 7) is 9.33. The normalized spacial score (nSPS) is 16.0. The highest BCUT2D eigenvalue weighted by Gasteiger charge is 2.34. The number of nitrogens with zero attached hydrogens (tertiary/aromatic N) is 1. The zero-order valence-corrected chi connectivity index (χ0v) is 16.6. The highest BCUT2D eigenvalue weighted by Crippen LogP contribution is 2.28. The topological polar surface area (TPSA) is 41.6 Å². The van der Waals surface area contributed by atoms with Crippen molar-refractivity contribution in [2.24, 2.45) is 0 Å². The van der Waals surface area contributed by atoms with Crippen molar-refractivity contribution in [2.75, 3.05) is 13.1 Å². The van der Waals surface area contributed by atoms with Crippen LogP contribution >= 0.6 is 22.6 Å². The molecule has 0 heterocycles. The van der Waals surface area contributed by atoms with Crippen LogP contribution in [-0.2, 0) is 4.74 Å². The Morgan fingerprint density at radius 2 is 1.96 bits per heavy atom. The molecule has 1 N–H and O–H groups in total. The zero-order valence-electron chi connectivity index (χ0n) is 14.4. The molecular formula is C18H27IN2O2. The summed E-state index contributed by atoms with van der Waals surface area (Å²) in [6.07, 6.45) is 1.99. The maximum absolute atomic E-state index is 12.3. The van der Waals surface area contributed by atoms with Crippen LogP contribution in [0.15, 0.2) is 24.3 Å². The van der Waals surface area contributed by atoms with Crippen LogP contribution in [0.2, 0.25) is 0 Å². The summed E-state index contributed by atoms with van der Waals surface area (Å²) in [6, 6.07) is 9.15. The molecule has 1 fully saturated rings. The van der Waals surface area contributed by atoms with E-state index in [2.05, 4.69) is 59.1 Å². The van der Waals surface area contributed by atoms with E-state index < -0.39 is 5.60 Å². The molecule has 0 spiro atoms. The van der Waals surface area contributed by atoms with Gasteiger partial charge in [-0.3, -0.25) is 0 Å². The highest BCUT2D eigenvalue weighted by atomic mass is 127. The summed E-state index contributed by atoms with van der Waals surface area (Å²) in [5.74, 6) is 0. The van der Waals surface area contributed by atoms with Crippen LogP contribution in [0.4, 0.5) is 4.79 Å². The van der Waals surface area contributed by atoms with Gasteiger partial charge in [0.1, 0.15) is 5.60 Å². The fourth-order valence-electron chi connectivity index (χ4n) is 2.40. The number of amides is 1. The van der Waals surface area contributed by atoms with Gasteiger partial charge in [-0.1, -0.05) is 12.1 Å². The number of carbonyl (C=O) groups excluding carboxylic acids is 1. The molecule has 0 saturated heterocycles. The van der Waals surface area contributed by atoms with Crippen molar-refractivity contribution in [2.45, 2.75) is 58.2 Å². The summed E-state index contributed by atoms with van der Waals surface area (Å²) in [4.78, 5) is 14.2. The SMILES string of the molecule is CC(NCCN(C(=O)OC(C)(C)C)C1CC1)c1ccc(I)cc1. The molecule has 1 aromatic carbocycles. The van der Waals surface area contributed by atoms with Crippen molar-refractivity contribution in [3.05, 3.63) is 33.4 Å². The Morgan fingerprint density at radius 1 is 1.35 bits per heavy atom. The molecular weight excluding hydrogens is 403 g/mol. The van der Waals surface area contributed by atoms with E-state index >= 15 is 0 Å². The number of hydrogen-bond donors (Lipinski definition) is 1. The minimum Gasteiger partial charge on any atom is -0.444 e. The van der Waals surface area contributed by atoms with Gasteiger partial charge in [0.05, 0.1) is 0 Å². The average molecular weight is 430 g/mol. The third-order valence-electron chi connectivity index (χ3n) is 3.79. The molecule has 0 radical (unpaired) electrons. The predicted octanol–water partition coefficient (Wildman–Crippen LogP) is 4.34. The van der Waals surface area contributed by atoms with E-state index in [1.165, 1.54) is 9.13 Å². The first-order chi connectivity index (χ1) is 10.8. The van der Waals surface area contributed by atoms with E-state index in [0.29, 0.717) is 12.6 Å². The van der Waals surface area contributed by atoms with Gasteiger partial charge < -0.3 is 15.0 Å². The molecule has 2 rings (SSSR count). The monoisotopic (exact) mass is 430 g/mol. The van der Waals surface area contributed by atoms with Gasteiger partial charge in [-0.25, -0.2) is 4.79 Å². The first-order valence-electron chi connectivity index (χ1n) is 8.25. The smallest absolute Gasteiger partial charge is 0.410 e. The number of hydrogen-bond acceptors (Lipinski definition) is 3. The second-order valence-electron chi connectivity index (χ2n) is 7.13. The molecule has 1 unspecified atom stereocenters. The van der Waals surface area contributed by atoms with Crippen LogP contribution in [0.5, 0.6) is 0 Å². The fraction of sp³-hybridized carbons (Fsp3) is 0.611. The van der Waals surface area contributed by atoms with Gasteiger partial charge in [0.15, 0.2) is 0 Å². The summed E-state index contributed by atoms with van der Waals surface area (Å²) in [7, 11) is 0. The molecule has 1 saturated carbocycles. The van der Waals surface area contributed by atoms with E-state index in [0.717, 1.165) is 19.4 Å². The zero-order chi connectivity index (χ0) is 17.0. The number of ether oxygens (including phenoxy) is 1. The Morgan fingerprint density at radius 3 is 2.48 bits per heavy atom. The number of halogens is 1. The van der Waals surface area contributed by atoms with Crippen LogP contribution < -0.4 is 5.32 Å². The average Bonchev–Trinajstić information content (AvgIpc) is 3.26. The number of benzene rings is 1. The van der Waals surface area contributed by atoms with Crippen LogP contribution in [0.1, 0.15) is 52.1 Å². The molecule has 128 valence electrons. The molecule has 1 atom stereocenters. The Labute approximate surface area is 153 Å². The van der Waals surface area contributed by atoms with Crippen LogP contribution in [-0.4, -0.2) is 35.7 Å². The Kier molecular flexibility index (Phi) is 6.31. The summed E-state index contributed by atoms with van der Waals surface area (Å²) in [5, 5.41) is 3.50. The number of nitrogens with one attached hydrogen (secondary N) is 1. The molecule has 4 nitrogen and oxygen atoms in total. The van der Waals surface area contributed by atoms with Crippen LogP contribution in [0, 0.1) is 3.57 Å². The van der Waals surface area contributed by atoms with Crippen LogP contribution in [0.25, 0.3) is 0 Å². The minimum absolute atomic E-state index is 0.191. The van der Waals surface area contributed by atoms with Crippen molar-refractivity contribution in [3.63, 3.8) is 0 Å². The predicted molar refractivity (Wildman–Crippen MR) is 102 cm³/mol. The van der Waals surface area contributed by atoms with Crippen LogP contribution in [0.3, 0.4) is 0 Å². The molecule has 0 bridgehead atoms. The molecule has 0 aliphatic heterocycles.